The Morgan fingerprint density at radius 2 is 2.25 bits per heavy atom. The number of aryl methyl sites for hydroxylation is 1. The molecule has 2 rings (SSSR count). The van der Waals surface area contributed by atoms with Crippen LogP contribution in [0.4, 0.5) is 0 Å². The highest BCUT2D eigenvalue weighted by atomic mass is 79.9. The summed E-state index contributed by atoms with van der Waals surface area (Å²) in [5, 5.41) is 8.83. The highest BCUT2D eigenvalue weighted by molar-refractivity contribution is 9.10. The second-order valence-electron chi connectivity index (χ2n) is 3.63. The second kappa shape index (κ2) is 5.40. The zero-order chi connectivity index (χ0) is 11.5. The Bertz CT molecular complexity index is 464. The van der Waals surface area contributed by atoms with Crippen LogP contribution in [0.2, 0.25) is 0 Å². The molecule has 0 aliphatic heterocycles. The van der Waals surface area contributed by atoms with Gasteiger partial charge in [-0.1, -0.05) is 0 Å². The van der Waals surface area contributed by atoms with Crippen molar-refractivity contribution in [1.29, 1.82) is 0 Å². The third-order valence-electron chi connectivity index (χ3n) is 2.27. The molecule has 0 aliphatic rings. The van der Waals surface area contributed by atoms with Gasteiger partial charge in [0.2, 0.25) is 0 Å². The Kier molecular flexibility index (Phi) is 4.13. The molecule has 5 heteroatoms. The van der Waals surface area contributed by atoms with E-state index in [1.165, 1.54) is 4.88 Å². The molecule has 2 heterocycles. The van der Waals surface area contributed by atoms with Crippen molar-refractivity contribution in [3.05, 3.63) is 36.9 Å². The lowest BCUT2D eigenvalue weighted by molar-refractivity contribution is 0.576. The predicted octanol–water partition coefficient (Wildman–Crippen LogP) is 4.13. The smallest absolute Gasteiger partial charge is 0.0897 e. The van der Waals surface area contributed by atoms with Gasteiger partial charge in [-0.3, -0.25) is 0 Å². The molecule has 0 saturated heterocycles. The van der Waals surface area contributed by atoms with Gasteiger partial charge in [0, 0.05) is 32.7 Å². The van der Waals surface area contributed by atoms with Gasteiger partial charge in [0.1, 0.15) is 0 Å². The van der Waals surface area contributed by atoms with Crippen molar-refractivity contribution < 1.29 is 0 Å². The number of nitrogens with zero attached hydrogens (tertiary/aromatic N) is 1. The van der Waals surface area contributed by atoms with Crippen LogP contribution in [0.3, 0.4) is 0 Å². The molecule has 86 valence electrons. The third kappa shape index (κ3) is 3.13. The summed E-state index contributed by atoms with van der Waals surface area (Å²) >= 11 is 6.94. The Balaban J connectivity index is 1.91. The molecule has 16 heavy (non-hydrogen) atoms. The highest BCUT2D eigenvalue weighted by Gasteiger charge is 2.08. The average molecular weight is 317 g/mol. The lowest BCUT2D eigenvalue weighted by atomic mass is 10.2. The van der Waals surface area contributed by atoms with E-state index in [9.17, 15) is 0 Å². The van der Waals surface area contributed by atoms with Crippen LogP contribution in [0.1, 0.15) is 28.5 Å². The highest BCUT2D eigenvalue weighted by Crippen LogP contribution is 2.25. The maximum Gasteiger partial charge on any atom is 0.0897 e. The molecule has 2 aromatic rings. The molecule has 0 bridgehead atoms. The molecule has 0 radical (unpaired) electrons. The van der Waals surface area contributed by atoms with Crippen LogP contribution in [-0.4, -0.2) is 4.98 Å². The summed E-state index contributed by atoms with van der Waals surface area (Å²) in [6.45, 7) is 5.05. The van der Waals surface area contributed by atoms with Gasteiger partial charge < -0.3 is 5.32 Å². The fraction of sp³-hybridized carbons (Fsp3) is 0.364. The van der Waals surface area contributed by atoms with Crippen LogP contribution in [0.25, 0.3) is 0 Å². The molecule has 1 atom stereocenters. The van der Waals surface area contributed by atoms with E-state index < -0.39 is 0 Å². The number of hydrogen-bond acceptors (Lipinski definition) is 4. The van der Waals surface area contributed by atoms with Crippen LogP contribution in [-0.2, 0) is 6.54 Å². The maximum atomic E-state index is 4.43. The Morgan fingerprint density at radius 1 is 1.44 bits per heavy atom. The van der Waals surface area contributed by atoms with Crippen molar-refractivity contribution in [2.24, 2.45) is 0 Å². The van der Waals surface area contributed by atoms with Crippen molar-refractivity contribution in [3.63, 3.8) is 0 Å². The summed E-state index contributed by atoms with van der Waals surface area (Å²) in [6, 6.07) is 2.53. The number of nitrogens with one attached hydrogen (secondary N) is 1. The summed E-state index contributed by atoms with van der Waals surface area (Å²) in [7, 11) is 0. The minimum absolute atomic E-state index is 0.373. The number of thiophene rings is 1. The van der Waals surface area contributed by atoms with E-state index in [0.29, 0.717) is 6.04 Å². The Labute approximate surface area is 112 Å². The van der Waals surface area contributed by atoms with Crippen LogP contribution in [0.15, 0.2) is 21.3 Å². The molecule has 0 aliphatic carbocycles. The number of aromatic nitrogens is 1. The van der Waals surface area contributed by atoms with Crippen LogP contribution in [0.5, 0.6) is 0 Å². The average Bonchev–Trinajstić information content (AvgIpc) is 2.84. The summed E-state index contributed by atoms with van der Waals surface area (Å²) in [5.74, 6) is 0. The topological polar surface area (TPSA) is 24.9 Å². The van der Waals surface area contributed by atoms with Gasteiger partial charge in [0.15, 0.2) is 0 Å². The van der Waals surface area contributed by atoms with E-state index in [0.717, 1.165) is 21.7 Å². The van der Waals surface area contributed by atoms with E-state index in [2.05, 4.69) is 50.0 Å². The molecule has 0 aromatic carbocycles. The molecule has 2 aromatic heterocycles. The first-order valence-electron chi connectivity index (χ1n) is 5.03. The van der Waals surface area contributed by atoms with Gasteiger partial charge in [0.05, 0.1) is 10.7 Å². The lowest BCUT2D eigenvalue weighted by Crippen LogP contribution is -2.17. The normalized spacial score (nSPS) is 12.9. The number of hydrogen-bond donors (Lipinski definition) is 1. The van der Waals surface area contributed by atoms with E-state index >= 15 is 0 Å². The van der Waals surface area contributed by atoms with Gasteiger partial charge in [-0.15, -0.1) is 22.7 Å². The quantitative estimate of drug-likeness (QED) is 0.917. The molecule has 1 N–H and O–H groups in total. The first kappa shape index (κ1) is 12.2. The summed E-state index contributed by atoms with van der Waals surface area (Å²) < 4.78 is 1.16. The van der Waals surface area contributed by atoms with Crippen molar-refractivity contribution in [1.82, 2.24) is 10.3 Å². The van der Waals surface area contributed by atoms with Crippen molar-refractivity contribution in [2.75, 3.05) is 0 Å². The number of halogens is 1. The minimum atomic E-state index is 0.373. The van der Waals surface area contributed by atoms with Crippen LogP contribution in [0, 0.1) is 6.92 Å². The minimum Gasteiger partial charge on any atom is -0.304 e. The second-order valence-corrected chi connectivity index (χ2v) is 6.55. The van der Waals surface area contributed by atoms with Crippen LogP contribution >= 0.6 is 38.6 Å². The van der Waals surface area contributed by atoms with Gasteiger partial charge in [-0.2, -0.15) is 0 Å². The maximum absolute atomic E-state index is 4.43. The van der Waals surface area contributed by atoms with Crippen LogP contribution < -0.4 is 5.32 Å². The standard InChI is InChI=1S/C11H13BrN2S2/c1-7(11-3-9(12)5-16-11)13-4-10-6-15-8(2)14-10/h3,5-7,13H,4H2,1-2H3. The summed E-state index contributed by atoms with van der Waals surface area (Å²) in [4.78, 5) is 5.78. The molecule has 0 fully saturated rings. The van der Waals surface area contributed by atoms with Gasteiger partial charge in [-0.25, -0.2) is 4.98 Å². The molecule has 2 nitrogen and oxygen atoms in total. The van der Waals surface area contributed by atoms with Gasteiger partial charge in [-0.05, 0) is 35.8 Å². The largest absolute Gasteiger partial charge is 0.304 e. The third-order valence-corrected chi connectivity index (χ3v) is 4.97. The molecular weight excluding hydrogens is 304 g/mol. The van der Waals surface area contributed by atoms with E-state index in [4.69, 9.17) is 0 Å². The Hall–Kier alpha value is -0.230. The van der Waals surface area contributed by atoms with Crippen molar-refractivity contribution in [3.8, 4) is 0 Å². The monoisotopic (exact) mass is 316 g/mol. The molecular formula is C11H13BrN2S2. The van der Waals surface area contributed by atoms with E-state index in [1.54, 1.807) is 22.7 Å². The van der Waals surface area contributed by atoms with Gasteiger partial charge in [0.25, 0.3) is 0 Å². The van der Waals surface area contributed by atoms with Gasteiger partial charge >= 0.3 is 0 Å². The fourth-order valence-electron chi connectivity index (χ4n) is 1.40. The lowest BCUT2D eigenvalue weighted by Gasteiger charge is -2.10. The predicted molar refractivity (Wildman–Crippen MR) is 74.1 cm³/mol. The number of rotatable bonds is 4. The van der Waals surface area contributed by atoms with Crippen molar-refractivity contribution in [2.45, 2.75) is 26.4 Å². The first-order chi connectivity index (χ1) is 7.65. The fourth-order valence-corrected chi connectivity index (χ4v) is 3.49. The first-order valence-corrected chi connectivity index (χ1v) is 7.58. The van der Waals surface area contributed by atoms with Crippen molar-refractivity contribution >= 4 is 38.6 Å². The zero-order valence-electron chi connectivity index (χ0n) is 9.16. The molecule has 0 spiro atoms. The Morgan fingerprint density at radius 3 is 2.81 bits per heavy atom. The molecule has 0 amide bonds. The molecule has 0 saturated carbocycles. The summed E-state index contributed by atoms with van der Waals surface area (Å²) in [6.07, 6.45) is 0. The van der Waals surface area contributed by atoms with E-state index in [1.807, 2.05) is 6.92 Å². The zero-order valence-corrected chi connectivity index (χ0v) is 12.4. The van der Waals surface area contributed by atoms with E-state index in [-0.39, 0.29) is 0 Å². The SMILES string of the molecule is Cc1nc(CNC(C)c2cc(Br)cs2)cs1. The summed E-state index contributed by atoms with van der Waals surface area (Å²) in [5.41, 5.74) is 1.13. The number of thiazole rings is 1. The molecule has 1 unspecified atom stereocenters.